The molecule has 2 N–H and O–H groups in total. The minimum Gasteiger partial charge on any atom is -0.365 e. The number of hydrogen-bond acceptors (Lipinski definition) is 5. The number of pyridine rings is 2. The van der Waals surface area contributed by atoms with E-state index in [4.69, 9.17) is 0 Å². The van der Waals surface area contributed by atoms with Crippen LogP contribution in [-0.4, -0.2) is 60.0 Å². The lowest BCUT2D eigenvalue weighted by Crippen LogP contribution is -2.50. The zero-order valence-electron chi connectivity index (χ0n) is 19.0. The number of carbonyl (C=O) groups is 1. The average molecular weight is 468 g/mol. The molecular weight excluding hydrogens is 440 g/mol. The zero-order chi connectivity index (χ0) is 23.8. The van der Waals surface area contributed by atoms with E-state index >= 15 is 0 Å². The van der Waals surface area contributed by atoms with Crippen LogP contribution < -0.4 is 15.8 Å². The largest absolute Gasteiger partial charge is 0.365 e. The van der Waals surface area contributed by atoms with Crippen molar-refractivity contribution in [3.05, 3.63) is 69.9 Å². The smallest absolute Gasteiger partial charge is 0.269 e. The van der Waals surface area contributed by atoms with Gasteiger partial charge >= 0.3 is 0 Å². The second kappa shape index (κ2) is 9.13. The second-order valence-corrected chi connectivity index (χ2v) is 9.03. The standard InChI is InChI=1S/C25H27F2N5O2/c1-28-24(33)19-7-8-21(23(27)29-19)32-11-9-31(10-12-32)17-6-5-15(13-17)20-14-16-3-2-4-18(26)22(16)25(34)30-20/h2-4,7-8,14-15,17H,5-6,9-13H2,1H3,(H,28,33)(H,30,34)/t15-,17-/m1/s1. The van der Waals surface area contributed by atoms with Crippen LogP contribution in [0.3, 0.4) is 0 Å². The fourth-order valence-corrected chi connectivity index (χ4v) is 5.33. The summed E-state index contributed by atoms with van der Waals surface area (Å²) in [6.45, 7) is 2.94. The average Bonchev–Trinajstić information content (AvgIpc) is 3.34. The van der Waals surface area contributed by atoms with Gasteiger partial charge < -0.3 is 15.2 Å². The van der Waals surface area contributed by atoms with Gasteiger partial charge in [0, 0.05) is 50.9 Å². The lowest BCUT2D eigenvalue weighted by Gasteiger charge is -2.39. The highest BCUT2D eigenvalue weighted by molar-refractivity contribution is 5.92. The molecule has 9 heteroatoms. The van der Waals surface area contributed by atoms with E-state index in [0.29, 0.717) is 30.2 Å². The molecule has 3 aromatic rings. The number of nitrogens with one attached hydrogen (secondary N) is 2. The Morgan fingerprint density at radius 2 is 1.91 bits per heavy atom. The first-order valence-corrected chi connectivity index (χ1v) is 11.6. The molecule has 2 aromatic heterocycles. The normalized spacial score (nSPS) is 21.2. The van der Waals surface area contributed by atoms with Crippen molar-refractivity contribution in [3.63, 3.8) is 0 Å². The number of carbonyl (C=O) groups excluding carboxylic acids is 1. The number of aromatic amines is 1. The third kappa shape index (κ3) is 4.16. The maximum Gasteiger partial charge on any atom is 0.269 e. The second-order valence-electron chi connectivity index (χ2n) is 9.03. The van der Waals surface area contributed by atoms with Crippen LogP contribution in [-0.2, 0) is 0 Å². The van der Waals surface area contributed by atoms with Crippen molar-refractivity contribution in [1.82, 2.24) is 20.2 Å². The summed E-state index contributed by atoms with van der Waals surface area (Å²) in [7, 11) is 1.49. The van der Waals surface area contributed by atoms with E-state index in [1.165, 1.54) is 13.1 Å². The lowest BCUT2D eigenvalue weighted by atomic mass is 10.00. The number of aromatic nitrogens is 2. The first-order chi connectivity index (χ1) is 16.4. The van der Waals surface area contributed by atoms with Crippen LogP contribution in [0, 0.1) is 11.8 Å². The Labute approximate surface area is 195 Å². The molecule has 1 saturated carbocycles. The van der Waals surface area contributed by atoms with E-state index in [2.05, 4.69) is 20.2 Å². The lowest BCUT2D eigenvalue weighted by molar-refractivity contribution is 0.0957. The van der Waals surface area contributed by atoms with Crippen molar-refractivity contribution >= 4 is 22.4 Å². The molecule has 34 heavy (non-hydrogen) atoms. The summed E-state index contributed by atoms with van der Waals surface area (Å²) >= 11 is 0. The summed E-state index contributed by atoms with van der Waals surface area (Å²) in [6, 6.07) is 10.2. The van der Waals surface area contributed by atoms with Crippen molar-refractivity contribution in [1.29, 1.82) is 0 Å². The zero-order valence-corrected chi connectivity index (χ0v) is 19.0. The Kier molecular flexibility index (Phi) is 6.03. The number of hydrogen-bond donors (Lipinski definition) is 2. The summed E-state index contributed by atoms with van der Waals surface area (Å²) in [5.41, 5.74) is 0.973. The molecule has 1 aliphatic carbocycles. The molecule has 2 atom stereocenters. The molecule has 1 amide bonds. The number of fused-ring (bicyclic) bond motifs is 1. The van der Waals surface area contributed by atoms with E-state index in [9.17, 15) is 18.4 Å². The molecule has 2 aliphatic rings. The molecule has 1 aliphatic heterocycles. The maximum absolute atomic E-state index is 14.5. The van der Waals surface area contributed by atoms with Crippen molar-refractivity contribution in [2.24, 2.45) is 0 Å². The number of nitrogens with zero attached hydrogens (tertiary/aromatic N) is 3. The highest BCUT2D eigenvalue weighted by Crippen LogP contribution is 2.37. The van der Waals surface area contributed by atoms with Crippen LogP contribution in [0.25, 0.3) is 10.8 Å². The summed E-state index contributed by atoms with van der Waals surface area (Å²) in [4.78, 5) is 35.3. The van der Waals surface area contributed by atoms with Crippen LogP contribution in [0.1, 0.15) is 41.4 Å². The molecule has 178 valence electrons. The Balaban J connectivity index is 1.23. The van der Waals surface area contributed by atoms with E-state index in [1.54, 1.807) is 24.3 Å². The van der Waals surface area contributed by atoms with E-state index < -0.39 is 17.7 Å². The van der Waals surface area contributed by atoms with Gasteiger partial charge in [-0.2, -0.15) is 4.39 Å². The van der Waals surface area contributed by atoms with Crippen LogP contribution in [0.2, 0.25) is 0 Å². The number of anilines is 1. The monoisotopic (exact) mass is 467 g/mol. The quantitative estimate of drug-likeness (QED) is 0.577. The van der Waals surface area contributed by atoms with Gasteiger partial charge in [0.1, 0.15) is 11.5 Å². The van der Waals surface area contributed by atoms with Crippen LogP contribution >= 0.6 is 0 Å². The van der Waals surface area contributed by atoms with Gasteiger partial charge in [0.25, 0.3) is 11.5 Å². The van der Waals surface area contributed by atoms with Crippen molar-refractivity contribution in [3.8, 4) is 0 Å². The molecule has 0 unspecified atom stereocenters. The predicted molar refractivity (Wildman–Crippen MR) is 126 cm³/mol. The summed E-state index contributed by atoms with van der Waals surface area (Å²) < 4.78 is 28.6. The minimum absolute atomic E-state index is 0.0638. The number of amides is 1. The molecule has 3 heterocycles. The SMILES string of the molecule is CNC(=O)c1ccc(N2CCN([C@@H]3CC[C@@H](c4cc5cccc(F)c5c(=O)[nH]4)C3)CC2)c(F)n1. The molecule has 0 bridgehead atoms. The van der Waals surface area contributed by atoms with Crippen molar-refractivity contribution in [2.45, 2.75) is 31.2 Å². The Morgan fingerprint density at radius 1 is 1.12 bits per heavy atom. The molecule has 1 aromatic carbocycles. The Hall–Kier alpha value is -3.33. The highest BCUT2D eigenvalue weighted by atomic mass is 19.1. The van der Waals surface area contributed by atoms with Gasteiger partial charge in [-0.05, 0) is 48.9 Å². The van der Waals surface area contributed by atoms with Gasteiger partial charge in [-0.25, -0.2) is 9.37 Å². The molecular formula is C25H27F2N5O2. The van der Waals surface area contributed by atoms with Gasteiger partial charge in [-0.3, -0.25) is 14.5 Å². The maximum atomic E-state index is 14.5. The Bertz CT molecular complexity index is 1290. The van der Waals surface area contributed by atoms with Gasteiger partial charge in [0.05, 0.1) is 11.1 Å². The minimum atomic E-state index is -0.632. The van der Waals surface area contributed by atoms with Crippen LogP contribution in [0.15, 0.2) is 41.2 Å². The predicted octanol–water partition coefficient (Wildman–Crippen LogP) is 3.02. The van der Waals surface area contributed by atoms with Crippen LogP contribution in [0.5, 0.6) is 0 Å². The first kappa shape index (κ1) is 22.5. The van der Waals surface area contributed by atoms with Crippen molar-refractivity contribution < 1.29 is 13.6 Å². The fraction of sp³-hybridized carbons (Fsp3) is 0.400. The Morgan fingerprint density at radius 3 is 2.65 bits per heavy atom. The molecule has 2 fully saturated rings. The topological polar surface area (TPSA) is 81.3 Å². The highest BCUT2D eigenvalue weighted by Gasteiger charge is 2.33. The van der Waals surface area contributed by atoms with Crippen LogP contribution in [0.4, 0.5) is 14.5 Å². The summed E-state index contributed by atoms with van der Waals surface area (Å²) in [6.07, 6.45) is 2.90. The van der Waals surface area contributed by atoms with Crippen molar-refractivity contribution in [2.75, 3.05) is 38.1 Å². The van der Waals surface area contributed by atoms with E-state index in [0.717, 1.165) is 38.0 Å². The summed E-state index contributed by atoms with van der Waals surface area (Å²) in [5.74, 6) is -1.32. The van der Waals surface area contributed by atoms with Gasteiger partial charge in [0.2, 0.25) is 5.95 Å². The molecule has 5 rings (SSSR count). The van der Waals surface area contributed by atoms with Gasteiger partial charge in [-0.15, -0.1) is 0 Å². The van der Waals surface area contributed by atoms with E-state index in [-0.39, 0.29) is 22.6 Å². The number of piperazine rings is 1. The number of benzene rings is 1. The van der Waals surface area contributed by atoms with Gasteiger partial charge in [-0.1, -0.05) is 12.1 Å². The number of halogens is 2. The van der Waals surface area contributed by atoms with E-state index in [1.807, 2.05) is 11.0 Å². The third-order valence-corrected chi connectivity index (χ3v) is 7.15. The summed E-state index contributed by atoms with van der Waals surface area (Å²) in [5, 5.41) is 3.20. The first-order valence-electron chi connectivity index (χ1n) is 11.6. The molecule has 0 radical (unpaired) electrons. The molecule has 7 nitrogen and oxygen atoms in total. The number of rotatable bonds is 4. The van der Waals surface area contributed by atoms with Gasteiger partial charge in [0.15, 0.2) is 0 Å². The number of H-pyrrole nitrogens is 1. The fourth-order valence-electron chi connectivity index (χ4n) is 5.33. The molecule has 0 spiro atoms. The molecule has 1 saturated heterocycles. The third-order valence-electron chi connectivity index (χ3n) is 7.15.